The quantitative estimate of drug-likeness (QED) is 0.551. The summed E-state index contributed by atoms with van der Waals surface area (Å²) in [5.41, 5.74) is 0.850. The van der Waals surface area contributed by atoms with Gasteiger partial charge in [-0.25, -0.2) is 0 Å². The molecule has 8 heteroatoms. The molecule has 2 heterocycles. The zero-order chi connectivity index (χ0) is 20.1. The number of likely N-dealkylation sites (N-methyl/N-ethyl adjacent to an activating group) is 1. The monoisotopic (exact) mass is 411 g/mol. The fourth-order valence-corrected chi connectivity index (χ4v) is 3.65. The maximum absolute atomic E-state index is 12.7. The number of rotatable bonds is 7. The number of fused-ring (bicyclic) bond motifs is 1. The maximum Gasteiger partial charge on any atom is 0.277 e. The Balaban J connectivity index is 1.31. The van der Waals surface area contributed by atoms with Crippen LogP contribution in [-0.2, 0) is 4.79 Å². The van der Waals surface area contributed by atoms with E-state index >= 15 is 0 Å². The van der Waals surface area contributed by atoms with Crippen LogP contribution in [-0.4, -0.2) is 52.6 Å². The number of hydrogen-bond donors (Lipinski definition) is 0. The first-order valence-electron chi connectivity index (χ1n) is 9.41. The van der Waals surface area contributed by atoms with Gasteiger partial charge in [0.05, 0.1) is 12.3 Å². The number of carbonyl (C=O) groups excluding carboxylic acids is 1. The molecule has 1 amide bonds. The number of hydrogen-bond acceptors (Lipinski definition) is 7. The molecule has 0 N–H and O–H groups in total. The molecule has 0 radical (unpaired) electrons. The van der Waals surface area contributed by atoms with Crippen LogP contribution >= 0.6 is 11.8 Å². The van der Waals surface area contributed by atoms with E-state index in [-0.39, 0.29) is 17.8 Å². The first kappa shape index (κ1) is 19.3. The van der Waals surface area contributed by atoms with Gasteiger partial charge in [0.1, 0.15) is 6.61 Å². The van der Waals surface area contributed by atoms with Gasteiger partial charge in [0.25, 0.3) is 5.22 Å². The second kappa shape index (κ2) is 9.00. The zero-order valence-electron chi connectivity index (χ0n) is 16.0. The molecule has 1 aromatic heterocycles. The Morgan fingerprint density at radius 1 is 1.10 bits per heavy atom. The molecular formula is C21H21N3O4S. The van der Waals surface area contributed by atoms with Crippen LogP contribution in [0.2, 0.25) is 0 Å². The van der Waals surface area contributed by atoms with Crippen LogP contribution in [0.1, 0.15) is 6.92 Å². The van der Waals surface area contributed by atoms with Crippen molar-refractivity contribution in [3.8, 4) is 23.0 Å². The van der Waals surface area contributed by atoms with Gasteiger partial charge in [0.15, 0.2) is 17.6 Å². The van der Waals surface area contributed by atoms with Crippen molar-refractivity contribution in [2.45, 2.75) is 18.3 Å². The fraction of sp³-hybridized carbons (Fsp3) is 0.286. The van der Waals surface area contributed by atoms with Gasteiger partial charge in [-0.05, 0) is 31.2 Å². The molecule has 4 rings (SSSR count). The van der Waals surface area contributed by atoms with Crippen LogP contribution in [0.5, 0.6) is 11.5 Å². The Morgan fingerprint density at radius 3 is 2.66 bits per heavy atom. The number of ether oxygens (including phenoxy) is 2. The Hall–Kier alpha value is -3.00. The number of carbonyl (C=O) groups is 1. The molecule has 2 aromatic carbocycles. The number of nitrogens with zero attached hydrogens (tertiary/aromatic N) is 3. The van der Waals surface area contributed by atoms with Gasteiger partial charge in [0.2, 0.25) is 11.8 Å². The Labute approximate surface area is 173 Å². The standard InChI is InChI=1S/C21H21N3O4S/c1-2-24(12-16-13-26-17-10-6-7-11-18(17)27-16)19(25)14-29-21-23-22-20(28-21)15-8-4-3-5-9-15/h3-11,16H,2,12-14H2,1H3. The lowest BCUT2D eigenvalue weighted by Crippen LogP contribution is -2.44. The van der Waals surface area contributed by atoms with Crippen molar-refractivity contribution in [1.29, 1.82) is 0 Å². The van der Waals surface area contributed by atoms with Crippen LogP contribution in [0.25, 0.3) is 11.5 Å². The average Bonchev–Trinajstić information content (AvgIpc) is 3.25. The third kappa shape index (κ3) is 4.71. The van der Waals surface area contributed by atoms with Crippen LogP contribution in [0.15, 0.2) is 64.2 Å². The lowest BCUT2D eigenvalue weighted by Gasteiger charge is -2.30. The number of aromatic nitrogens is 2. The topological polar surface area (TPSA) is 77.7 Å². The van der Waals surface area contributed by atoms with E-state index in [1.807, 2.05) is 61.5 Å². The molecule has 0 spiro atoms. The second-order valence-corrected chi connectivity index (χ2v) is 7.38. The minimum absolute atomic E-state index is 0.0144. The maximum atomic E-state index is 12.7. The van der Waals surface area contributed by atoms with E-state index in [1.54, 1.807) is 4.90 Å². The molecule has 1 unspecified atom stereocenters. The minimum atomic E-state index is -0.202. The average molecular weight is 411 g/mol. The van der Waals surface area contributed by atoms with Crippen LogP contribution in [0.4, 0.5) is 0 Å². The van der Waals surface area contributed by atoms with E-state index in [9.17, 15) is 4.79 Å². The number of amides is 1. The lowest BCUT2D eigenvalue weighted by molar-refractivity contribution is -0.129. The van der Waals surface area contributed by atoms with Crippen molar-refractivity contribution in [3.63, 3.8) is 0 Å². The van der Waals surface area contributed by atoms with Crippen LogP contribution in [0, 0.1) is 0 Å². The van der Waals surface area contributed by atoms with E-state index < -0.39 is 0 Å². The summed E-state index contributed by atoms with van der Waals surface area (Å²) in [5.74, 6) is 2.09. The van der Waals surface area contributed by atoms with Crippen molar-refractivity contribution in [3.05, 3.63) is 54.6 Å². The van der Waals surface area contributed by atoms with Gasteiger partial charge >= 0.3 is 0 Å². The fourth-order valence-electron chi connectivity index (χ4n) is 2.99. The Kier molecular flexibility index (Phi) is 6.00. The molecule has 1 aliphatic rings. The molecular weight excluding hydrogens is 390 g/mol. The van der Waals surface area contributed by atoms with Crippen molar-refractivity contribution in [2.24, 2.45) is 0 Å². The molecule has 1 aliphatic heterocycles. The predicted molar refractivity (Wildman–Crippen MR) is 109 cm³/mol. The van der Waals surface area contributed by atoms with E-state index in [4.69, 9.17) is 13.9 Å². The highest BCUT2D eigenvalue weighted by Gasteiger charge is 2.25. The molecule has 0 bridgehead atoms. The van der Waals surface area contributed by atoms with Gasteiger partial charge in [0, 0.05) is 12.1 Å². The SMILES string of the molecule is CCN(CC1COc2ccccc2O1)C(=O)CSc1nnc(-c2ccccc2)o1. The van der Waals surface area contributed by atoms with Gasteiger partial charge in [-0.2, -0.15) is 0 Å². The summed E-state index contributed by atoms with van der Waals surface area (Å²) in [7, 11) is 0. The smallest absolute Gasteiger partial charge is 0.277 e. The van der Waals surface area contributed by atoms with E-state index in [0.717, 1.165) is 11.3 Å². The van der Waals surface area contributed by atoms with Crippen molar-refractivity contribution >= 4 is 17.7 Å². The molecule has 0 aliphatic carbocycles. The van der Waals surface area contributed by atoms with Crippen molar-refractivity contribution < 1.29 is 18.7 Å². The molecule has 0 fully saturated rings. The van der Waals surface area contributed by atoms with E-state index in [1.165, 1.54) is 11.8 Å². The summed E-state index contributed by atoms with van der Waals surface area (Å²) in [6.07, 6.45) is -0.202. The van der Waals surface area contributed by atoms with Gasteiger partial charge < -0.3 is 18.8 Å². The minimum Gasteiger partial charge on any atom is -0.486 e. The van der Waals surface area contributed by atoms with E-state index in [2.05, 4.69) is 10.2 Å². The van der Waals surface area contributed by atoms with Gasteiger partial charge in [-0.15, -0.1) is 10.2 Å². The molecule has 150 valence electrons. The summed E-state index contributed by atoms with van der Waals surface area (Å²) < 4.78 is 17.3. The van der Waals surface area contributed by atoms with Crippen molar-refractivity contribution in [2.75, 3.05) is 25.4 Å². The Bertz CT molecular complexity index is 963. The van der Waals surface area contributed by atoms with E-state index in [0.29, 0.717) is 36.6 Å². The number of thioether (sulfide) groups is 1. The lowest BCUT2D eigenvalue weighted by atomic mass is 10.2. The summed E-state index contributed by atoms with van der Waals surface area (Å²) in [5, 5.41) is 8.44. The Morgan fingerprint density at radius 2 is 1.86 bits per heavy atom. The molecule has 1 atom stereocenters. The third-order valence-electron chi connectivity index (χ3n) is 4.47. The highest BCUT2D eigenvalue weighted by Crippen LogP contribution is 2.31. The first-order chi connectivity index (χ1) is 14.2. The number of benzene rings is 2. The third-order valence-corrected chi connectivity index (χ3v) is 5.28. The highest BCUT2D eigenvalue weighted by atomic mass is 32.2. The molecule has 7 nitrogen and oxygen atoms in total. The second-order valence-electron chi connectivity index (χ2n) is 6.46. The molecule has 29 heavy (non-hydrogen) atoms. The van der Waals surface area contributed by atoms with Crippen LogP contribution < -0.4 is 9.47 Å². The van der Waals surface area contributed by atoms with Gasteiger partial charge in [-0.3, -0.25) is 4.79 Å². The zero-order valence-corrected chi connectivity index (χ0v) is 16.8. The largest absolute Gasteiger partial charge is 0.486 e. The van der Waals surface area contributed by atoms with Crippen LogP contribution in [0.3, 0.4) is 0 Å². The summed E-state index contributed by atoms with van der Waals surface area (Å²) in [6.45, 7) is 3.40. The molecule has 3 aromatic rings. The molecule has 0 saturated heterocycles. The first-order valence-corrected chi connectivity index (χ1v) is 10.4. The predicted octanol–water partition coefficient (Wildman–Crippen LogP) is 3.52. The summed E-state index contributed by atoms with van der Waals surface area (Å²) >= 11 is 1.23. The summed E-state index contributed by atoms with van der Waals surface area (Å²) in [4.78, 5) is 14.4. The van der Waals surface area contributed by atoms with Crippen molar-refractivity contribution in [1.82, 2.24) is 15.1 Å². The molecule has 0 saturated carbocycles. The normalized spacial score (nSPS) is 15.1. The summed E-state index contributed by atoms with van der Waals surface area (Å²) in [6, 6.07) is 17.1. The van der Waals surface area contributed by atoms with Gasteiger partial charge in [-0.1, -0.05) is 42.1 Å². The highest BCUT2D eigenvalue weighted by molar-refractivity contribution is 7.99. The number of para-hydroxylation sites is 2.